The Morgan fingerprint density at radius 2 is 1.55 bits per heavy atom. The van der Waals surface area contributed by atoms with E-state index in [0.717, 1.165) is 14.2 Å². The van der Waals surface area contributed by atoms with Gasteiger partial charge in [0.1, 0.15) is 11.5 Å². The van der Waals surface area contributed by atoms with Crippen LogP contribution < -0.4 is 10.6 Å². The number of esters is 2. The van der Waals surface area contributed by atoms with E-state index >= 15 is 0 Å². The number of methoxy groups -OCH3 is 2. The van der Waals surface area contributed by atoms with E-state index < -0.39 is 27.9 Å². The van der Waals surface area contributed by atoms with E-state index in [9.17, 15) is 23.3 Å². The van der Waals surface area contributed by atoms with Crippen molar-refractivity contribution in [2.24, 2.45) is 5.73 Å². The normalized spacial score (nSPS) is 22.1. The third kappa shape index (κ3) is 5.19. The fourth-order valence-corrected chi connectivity index (χ4v) is 6.62. The Morgan fingerprint density at radius 3 is 2.08 bits per heavy atom. The molecule has 2 aliphatic rings. The molecular formula is C28H30N4O7S. The summed E-state index contributed by atoms with van der Waals surface area (Å²) < 4.78 is 43.8. The summed E-state index contributed by atoms with van der Waals surface area (Å²) >= 11 is 0. The van der Waals surface area contributed by atoms with Crippen molar-refractivity contribution in [2.75, 3.05) is 32.2 Å². The first-order valence-electron chi connectivity index (χ1n) is 12.5. The smallest absolute Gasteiger partial charge is 0.355 e. The van der Waals surface area contributed by atoms with Crippen LogP contribution in [-0.4, -0.2) is 64.2 Å². The molecule has 12 heteroatoms. The lowest BCUT2D eigenvalue weighted by Crippen LogP contribution is -2.48. The molecule has 0 aromatic heterocycles. The van der Waals surface area contributed by atoms with Crippen molar-refractivity contribution < 1.29 is 32.2 Å². The molecule has 2 N–H and O–H groups in total. The van der Waals surface area contributed by atoms with Crippen LogP contribution in [0.1, 0.15) is 25.3 Å². The van der Waals surface area contributed by atoms with E-state index in [2.05, 4.69) is 6.07 Å². The largest absolute Gasteiger partial charge is 0.466 e. The second-order valence-corrected chi connectivity index (χ2v) is 11.3. The quantitative estimate of drug-likeness (QED) is 0.516. The van der Waals surface area contributed by atoms with E-state index in [0.29, 0.717) is 5.56 Å². The highest BCUT2D eigenvalue weighted by atomic mass is 32.2. The molecule has 0 bridgehead atoms. The molecule has 2 aromatic carbocycles. The second-order valence-electron chi connectivity index (χ2n) is 9.41. The summed E-state index contributed by atoms with van der Waals surface area (Å²) in [6.45, 7) is 4.03. The number of carbonyl (C=O) groups is 2. The van der Waals surface area contributed by atoms with Gasteiger partial charge in [0.25, 0.3) is 0 Å². The number of morpholine rings is 1. The van der Waals surface area contributed by atoms with Gasteiger partial charge >= 0.3 is 11.9 Å². The van der Waals surface area contributed by atoms with Crippen LogP contribution in [0, 0.1) is 11.3 Å². The zero-order valence-corrected chi connectivity index (χ0v) is 23.3. The molecule has 2 aromatic rings. The number of benzene rings is 2. The third-order valence-electron chi connectivity index (χ3n) is 6.73. The van der Waals surface area contributed by atoms with Crippen LogP contribution in [0.4, 0.5) is 5.69 Å². The number of carbonyl (C=O) groups excluding carboxylic acids is 2. The Morgan fingerprint density at radius 1 is 0.975 bits per heavy atom. The van der Waals surface area contributed by atoms with Gasteiger partial charge in [-0.15, -0.1) is 0 Å². The zero-order valence-electron chi connectivity index (χ0n) is 22.5. The maximum absolute atomic E-state index is 13.4. The lowest BCUT2D eigenvalue weighted by atomic mass is 9.81. The highest BCUT2D eigenvalue weighted by Crippen LogP contribution is 2.43. The summed E-state index contributed by atoms with van der Waals surface area (Å²) in [6.07, 6.45) is -0.523. The topological polar surface area (TPSA) is 152 Å². The number of hydrogen-bond donors (Lipinski definition) is 1. The molecule has 4 rings (SSSR count). The van der Waals surface area contributed by atoms with Gasteiger partial charge in [0, 0.05) is 18.8 Å². The van der Waals surface area contributed by atoms with Gasteiger partial charge in [0.2, 0.25) is 10.0 Å². The first kappa shape index (κ1) is 28.8. The third-order valence-corrected chi connectivity index (χ3v) is 8.58. The average molecular weight is 567 g/mol. The lowest BCUT2D eigenvalue weighted by Gasteiger charge is -2.36. The maximum Gasteiger partial charge on any atom is 0.355 e. The van der Waals surface area contributed by atoms with Crippen LogP contribution in [-0.2, 0) is 33.8 Å². The van der Waals surface area contributed by atoms with Crippen LogP contribution in [0.3, 0.4) is 0 Å². The Balaban J connectivity index is 1.86. The molecule has 1 fully saturated rings. The molecule has 0 radical (unpaired) electrons. The number of nitrogens with zero attached hydrogens (tertiary/aromatic N) is 3. The molecule has 2 aliphatic heterocycles. The van der Waals surface area contributed by atoms with Gasteiger partial charge in [0.15, 0.2) is 0 Å². The molecule has 0 amide bonds. The van der Waals surface area contributed by atoms with Crippen molar-refractivity contribution in [3.63, 3.8) is 0 Å². The molecule has 40 heavy (non-hydrogen) atoms. The maximum atomic E-state index is 13.4. The van der Waals surface area contributed by atoms with E-state index in [1.807, 2.05) is 13.8 Å². The number of anilines is 1. The molecule has 3 unspecified atom stereocenters. The lowest BCUT2D eigenvalue weighted by molar-refractivity contribution is -0.139. The molecular weight excluding hydrogens is 536 g/mol. The number of allylic oxidation sites excluding steroid dienone is 1. The Labute approximate surface area is 233 Å². The fraction of sp³-hybridized carbons (Fsp3) is 0.321. The predicted octanol–water partition coefficient (Wildman–Crippen LogP) is 2.38. The summed E-state index contributed by atoms with van der Waals surface area (Å²) in [4.78, 5) is 27.6. The summed E-state index contributed by atoms with van der Waals surface area (Å²) in [5.41, 5.74) is 6.90. The Kier molecular flexibility index (Phi) is 8.29. The van der Waals surface area contributed by atoms with Crippen molar-refractivity contribution in [3.05, 3.63) is 82.8 Å². The van der Waals surface area contributed by atoms with Gasteiger partial charge in [0.05, 0.1) is 54.5 Å². The predicted molar refractivity (Wildman–Crippen MR) is 145 cm³/mol. The monoisotopic (exact) mass is 566 g/mol. The highest BCUT2D eigenvalue weighted by molar-refractivity contribution is 7.89. The van der Waals surface area contributed by atoms with Crippen LogP contribution >= 0.6 is 0 Å². The van der Waals surface area contributed by atoms with E-state index in [-0.39, 0.29) is 58.5 Å². The highest BCUT2D eigenvalue weighted by Gasteiger charge is 2.43. The zero-order chi connectivity index (χ0) is 29.2. The molecule has 3 atom stereocenters. The Bertz CT molecular complexity index is 1500. The van der Waals surface area contributed by atoms with Crippen molar-refractivity contribution >= 4 is 27.6 Å². The molecule has 2 heterocycles. The minimum atomic E-state index is -3.85. The number of sulfonamides is 1. The first-order valence-corrected chi connectivity index (χ1v) is 13.9. The number of ether oxygens (including phenoxy) is 3. The molecule has 1 saturated heterocycles. The molecule has 210 valence electrons. The minimum absolute atomic E-state index is 0.00671. The molecule has 11 nitrogen and oxygen atoms in total. The minimum Gasteiger partial charge on any atom is -0.466 e. The molecule has 0 saturated carbocycles. The van der Waals surface area contributed by atoms with Gasteiger partial charge in [-0.25, -0.2) is 18.0 Å². The molecule has 0 aliphatic carbocycles. The van der Waals surface area contributed by atoms with Gasteiger partial charge in [-0.2, -0.15) is 9.57 Å². The van der Waals surface area contributed by atoms with E-state index in [4.69, 9.17) is 19.9 Å². The van der Waals surface area contributed by atoms with Gasteiger partial charge in [-0.05, 0) is 43.7 Å². The van der Waals surface area contributed by atoms with E-state index in [1.54, 1.807) is 30.3 Å². The van der Waals surface area contributed by atoms with Crippen molar-refractivity contribution in [1.82, 2.24) is 4.31 Å². The SMILES string of the molecule is COC(=O)C1=C(C(=O)OC)N(c2ccc(S(=O)(=O)N3CC(C)OC(C)C3)cc2)C(N)=C(C#N)C1c1ccccc1. The van der Waals surface area contributed by atoms with Crippen LogP contribution in [0.5, 0.6) is 0 Å². The van der Waals surface area contributed by atoms with Crippen LogP contribution in [0.2, 0.25) is 0 Å². The number of nitriles is 1. The summed E-state index contributed by atoms with van der Waals surface area (Å²) in [6, 6.07) is 16.4. The Hall–Kier alpha value is -4.18. The summed E-state index contributed by atoms with van der Waals surface area (Å²) in [5, 5.41) is 10.1. The number of nitrogens with two attached hydrogens (primary N) is 1. The van der Waals surface area contributed by atoms with E-state index in [1.165, 1.54) is 33.5 Å². The first-order chi connectivity index (χ1) is 19.0. The summed E-state index contributed by atoms with van der Waals surface area (Å²) in [7, 11) is -1.53. The van der Waals surface area contributed by atoms with Gasteiger partial charge in [-0.3, -0.25) is 4.90 Å². The molecule has 0 spiro atoms. The number of rotatable bonds is 6. The second kappa shape index (κ2) is 11.5. The van der Waals surface area contributed by atoms with Crippen LogP contribution in [0.15, 0.2) is 82.2 Å². The van der Waals surface area contributed by atoms with Crippen molar-refractivity contribution in [1.29, 1.82) is 5.26 Å². The standard InChI is InChI=1S/C28H30N4O7S/c1-17-15-31(16-18(2)39-17)40(35,36)21-12-10-20(11-13-21)32-25(28(34)38-4)24(27(33)37-3)23(22(14-29)26(32)30)19-8-6-5-7-9-19/h5-13,17-18,23H,15-16,30H2,1-4H3. The van der Waals surface area contributed by atoms with Crippen LogP contribution in [0.25, 0.3) is 0 Å². The van der Waals surface area contributed by atoms with Crippen molar-refractivity contribution in [2.45, 2.75) is 36.9 Å². The average Bonchev–Trinajstić information content (AvgIpc) is 2.95. The number of hydrogen-bond acceptors (Lipinski definition) is 10. The van der Waals surface area contributed by atoms with Gasteiger partial charge in [-0.1, -0.05) is 30.3 Å². The van der Waals surface area contributed by atoms with Crippen molar-refractivity contribution in [3.8, 4) is 6.07 Å². The summed E-state index contributed by atoms with van der Waals surface area (Å²) in [5.74, 6) is -2.87. The fourth-order valence-electron chi connectivity index (χ4n) is 5.02. The van der Waals surface area contributed by atoms with Gasteiger partial charge < -0.3 is 19.9 Å².